The molecule has 3 rings (SSSR count). The number of benzene rings is 1. The van der Waals surface area contributed by atoms with Crippen molar-refractivity contribution < 1.29 is 22.7 Å². The van der Waals surface area contributed by atoms with E-state index in [-0.39, 0.29) is 17.6 Å². The minimum Gasteiger partial charge on any atom is -0.491 e. The highest BCUT2D eigenvalue weighted by molar-refractivity contribution is 8.01. The average molecular weight is 550 g/mol. The Morgan fingerprint density at radius 1 is 1.14 bits per heavy atom. The molecule has 2 amide bonds. The highest BCUT2D eigenvalue weighted by atomic mass is 32.2. The van der Waals surface area contributed by atoms with Crippen LogP contribution in [0.25, 0.3) is 0 Å². The van der Waals surface area contributed by atoms with Crippen molar-refractivity contribution in [2.75, 3.05) is 23.5 Å². The fourth-order valence-corrected chi connectivity index (χ4v) is 5.18. The lowest BCUT2D eigenvalue weighted by Gasteiger charge is -2.14. The maximum Gasteiger partial charge on any atom is 0.315 e. The molecule has 0 aliphatic rings. The molecule has 0 radical (unpaired) electrons. The number of nitrogens with zero attached hydrogens (tertiary/aromatic N) is 2. The van der Waals surface area contributed by atoms with Gasteiger partial charge in [-0.3, -0.25) is 14.9 Å². The van der Waals surface area contributed by atoms with Gasteiger partial charge in [0.2, 0.25) is 10.0 Å². The van der Waals surface area contributed by atoms with E-state index in [1.165, 1.54) is 11.8 Å². The van der Waals surface area contributed by atoms with Crippen LogP contribution in [0.3, 0.4) is 0 Å². The van der Waals surface area contributed by atoms with Gasteiger partial charge in [0.1, 0.15) is 10.8 Å². The van der Waals surface area contributed by atoms with E-state index in [0.29, 0.717) is 33.0 Å². The molecule has 1 aromatic carbocycles. The van der Waals surface area contributed by atoms with Crippen LogP contribution in [0, 0.1) is 12.8 Å². The minimum atomic E-state index is -3.46. The van der Waals surface area contributed by atoms with Crippen LogP contribution in [0.15, 0.2) is 51.8 Å². The van der Waals surface area contributed by atoms with E-state index in [0.717, 1.165) is 23.2 Å². The summed E-state index contributed by atoms with van der Waals surface area (Å²) in [5, 5.41) is 5.90. The molecular weight excluding hydrogens is 522 g/mol. The van der Waals surface area contributed by atoms with E-state index in [9.17, 15) is 18.0 Å². The Bertz CT molecular complexity index is 1330. The number of carbonyl (C=O) groups is 2. The summed E-state index contributed by atoms with van der Waals surface area (Å²) >= 11 is 2.39. The molecule has 0 atom stereocenters. The second-order valence-electron chi connectivity index (χ2n) is 8.23. The zero-order valence-electron chi connectivity index (χ0n) is 20.2. The lowest BCUT2D eigenvalue weighted by atomic mass is 10.2. The zero-order chi connectivity index (χ0) is 26.3. The Balaban J connectivity index is 1.74. The third kappa shape index (κ3) is 8.59. The molecule has 2 heterocycles. The smallest absolute Gasteiger partial charge is 0.315 e. The quantitative estimate of drug-likeness (QED) is 0.326. The Morgan fingerprint density at radius 3 is 2.56 bits per heavy atom. The van der Waals surface area contributed by atoms with Gasteiger partial charge in [-0.15, -0.1) is 0 Å². The van der Waals surface area contributed by atoms with Crippen LogP contribution in [-0.4, -0.2) is 43.1 Å². The molecule has 0 spiro atoms. The normalized spacial score (nSPS) is 11.4. The molecule has 0 unspecified atom stereocenters. The number of pyridine rings is 1. The number of ether oxygens (including phenoxy) is 1. The van der Waals surface area contributed by atoms with Gasteiger partial charge in [-0.2, -0.15) is 0 Å². The fraction of sp³-hybridized carbons (Fsp3) is 0.304. The molecule has 13 heteroatoms. The third-order valence-corrected chi connectivity index (χ3v) is 7.23. The van der Waals surface area contributed by atoms with Crippen molar-refractivity contribution in [3.63, 3.8) is 0 Å². The number of sulfonamides is 1. The van der Waals surface area contributed by atoms with Crippen LogP contribution >= 0.6 is 23.1 Å². The maximum atomic E-state index is 12.6. The Labute approximate surface area is 218 Å². The summed E-state index contributed by atoms with van der Waals surface area (Å²) in [6.07, 6.45) is 2.68. The fourth-order valence-electron chi connectivity index (χ4n) is 2.73. The van der Waals surface area contributed by atoms with Crippen molar-refractivity contribution in [3.05, 3.63) is 53.9 Å². The third-order valence-electron chi connectivity index (χ3n) is 4.38. The first kappa shape index (κ1) is 27.6. The SMILES string of the molecule is Cc1ccc(NC(=O)C(=O)Nc2nc(CNS(C)(=O)=O)c(Sc3ccccn3)s2)c(OCC(C)C)c1. The largest absolute Gasteiger partial charge is 0.491 e. The van der Waals surface area contributed by atoms with Gasteiger partial charge in [0.15, 0.2) is 5.13 Å². The second kappa shape index (κ2) is 12.3. The molecule has 0 saturated heterocycles. The predicted molar refractivity (Wildman–Crippen MR) is 141 cm³/mol. The number of amides is 2. The predicted octanol–water partition coefficient (Wildman–Crippen LogP) is 3.66. The van der Waals surface area contributed by atoms with Crippen molar-refractivity contribution in [1.82, 2.24) is 14.7 Å². The summed E-state index contributed by atoms with van der Waals surface area (Å²) in [6.45, 7) is 6.30. The molecular formula is C23H27N5O5S3. The lowest BCUT2D eigenvalue weighted by Crippen LogP contribution is -2.29. The summed E-state index contributed by atoms with van der Waals surface area (Å²) in [5.41, 5.74) is 1.73. The Kier molecular flexibility index (Phi) is 9.43. The zero-order valence-corrected chi connectivity index (χ0v) is 22.6. The number of anilines is 2. The van der Waals surface area contributed by atoms with Crippen LogP contribution in [0.1, 0.15) is 25.1 Å². The van der Waals surface area contributed by atoms with Gasteiger partial charge < -0.3 is 10.1 Å². The summed E-state index contributed by atoms with van der Waals surface area (Å²) in [4.78, 5) is 33.8. The van der Waals surface area contributed by atoms with Crippen molar-refractivity contribution in [2.45, 2.75) is 36.6 Å². The highest BCUT2D eigenvalue weighted by Gasteiger charge is 2.21. The maximum absolute atomic E-state index is 12.6. The second-order valence-corrected chi connectivity index (χ2v) is 12.4. The van der Waals surface area contributed by atoms with Crippen molar-refractivity contribution in [3.8, 4) is 5.75 Å². The van der Waals surface area contributed by atoms with Gasteiger partial charge >= 0.3 is 11.8 Å². The first-order valence-corrected chi connectivity index (χ1v) is 14.4. The molecule has 0 fully saturated rings. The molecule has 0 bridgehead atoms. The van der Waals surface area contributed by atoms with Crippen LogP contribution in [0.2, 0.25) is 0 Å². The van der Waals surface area contributed by atoms with Crippen LogP contribution < -0.4 is 20.1 Å². The van der Waals surface area contributed by atoms with Crippen molar-refractivity contribution >= 4 is 55.8 Å². The number of aryl methyl sites for hydroxylation is 1. The highest BCUT2D eigenvalue weighted by Crippen LogP contribution is 2.36. The first-order valence-electron chi connectivity index (χ1n) is 10.9. The van der Waals surface area contributed by atoms with Crippen LogP contribution in [0.5, 0.6) is 5.75 Å². The molecule has 2 aromatic heterocycles. The lowest BCUT2D eigenvalue weighted by molar-refractivity contribution is -0.133. The summed E-state index contributed by atoms with van der Waals surface area (Å²) < 4.78 is 31.9. The van der Waals surface area contributed by atoms with Gasteiger partial charge in [0, 0.05) is 6.20 Å². The van der Waals surface area contributed by atoms with E-state index < -0.39 is 21.8 Å². The number of aromatic nitrogens is 2. The van der Waals surface area contributed by atoms with Crippen LogP contribution in [-0.2, 0) is 26.2 Å². The monoisotopic (exact) mass is 549 g/mol. The van der Waals surface area contributed by atoms with Gasteiger partial charge in [-0.1, -0.05) is 49.1 Å². The molecule has 36 heavy (non-hydrogen) atoms. The Hall–Kier alpha value is -3.00. The molecule has 0 saturated carbocycles. The van der Waals surface area contributed by atoms with Gasteiger partial charge in [-0.05, 0) is 42.7 Å². The summed E-state index contributed by atoms with van der Waals surface area (Å²) in [6, 6.07) is 10.7. The van der Waals surface area contributed by atoms with Crippen molar-refractivity contribution in [1.29, 1.82) is 0 Å². The van der Waals surface area contributed by atoms with E-state index >= 15 is 0 Å². The van der Waals surface area contributed by atoms with Gasteiger partial charge in [0.25, 0.3) is 0 Å². The first-order chi connectivity index (χ1) is 17.0. The summed E-state index contributed by atoms with van der Waals surface area (Å²) in [7, 11) is -3.46. The molecule has 192 valence electrons. The van der Waals surface area contributed by atoms with E-state index in [1.54, 1.807) is 36.5 Å². The number of thiazole rings is 1. The van der Waals surface area contributed by atoms with Gasteiger partial charge in [0.05, 0.1) is 35.0 Å². The topological polar surface area (TPSA) is 139 Å². The molecule has 0 aliphatic carbocycles. The molecule has 3 N–H and O–H groups in total. The standard InChI is InChI=1S/C23H27N5O5S3/c1-14(2)13-33-18-11-15(3)8-9-16(18)26-20(29)21(30)28-23-27-17(12-25-36(4,31)32)22(35-23)34-19-7-5-6-10-24-19/h5-11,14,25H,12-13H2,1-4H3,(H,26,29)(H,27,28,30). The number of carbonyl (C=O) groups excluding carboxylic acids is 2. The average Bonchev–Trinajstić information content (AvgIpc) is 3.18. The van der Waals surface area contributed by atoms with E-state index in [4.69, 9.17) is 4.74 Å². The van der Waals surface area contributed by atoms with Gasteiger partial charge in [-0.25, -0.2) is 23.1 Å². The molecule has 3 aromatic rings. The van der Waals surface area contributed by atoms with Crippen LogP contribution in [0.4, 0.5) is 10.8 Å². The number of hydrogen-bond acceptors (Lipinski definition) is 9. The number of hydrogen-bond donors (Lipinski definition) is 3. The minimum absolute atomic E-state index is 0.0769. The van der Waals surface area contributed by atoms with E-state index in [2.05, 4.69) is 25.3 Å². The van der Waals surface area contributed by atoms with E-state index in [1.807, 2.05) is 26.8 Å². The van der Waals surface area contributed by atoms with Crippen molar-refractivity contribution in [2.24, 2.45) is 5.92 Å². The Morgan fingerprint density at radius 2 is 1.89 bits per heavy atom. The number of nitrogens with one attached hydrogen (secondary N) is 3. The summed E-state index contributed by atoms with van der Waals surface area (Å²) in [5.74, 6) is -1.05. The molecule has 10 nitrogen and oxygen atoms in total. The molecule has 0 aliphatic heterocycles. The number of rotatable bonds is 10.